The van der Waals surface area contributed by atoms with Crippen molar-refractivity contribution in [1.29, 1.82) is 0 Å². The van der Waals surface area contributed by atoms with Gasteiger partial charge in [0.25, 0.3) is 0 Å². The molecule has 1 N–H and O–H groups in total. The van der Waals surface area contributed by atoms with Crippen LogP contribution in [-0.4, -0.2) is 32.1 Å². The first-order valence-electron chi connectivity index (χ1n) is 8.83. The molecule has 1 amide bonds. The molecule has 0 saturated heterocycles. The van der Waals surface area contributed by atoms with Crippen LogP contribution in [0.3, 0.4) is 0 Å². The van der Waals surface area contributed by atoms with Gasteiger partial charge in [0.05, 0.1) is 13.7 Å². The maximum Gasteiger partial charge on any atom is 0.220 e. The highest BCUT2D eigenvalue weighted by molar-refractivity contribution is 5.79. The van der Waals surface area contributed by atoms with Crippen LogP contribution in [0.2, 0.25) is 0 Å². The number of ether oxygens (including phenoxy) is 2. The van der Waals surface area contributed by atoms with Crippen LogP contribution in [0.5, 0.6) is 11.5 Å². The van der Waals surface area contributed by atoms with Crippen molar-refractivity contribution in [2.75, 3.05) is 20.3 Å². The SMILES string of the molecule is CCCCCCOc1ccc(CCNC(=O)CCC(=O)[O-])cc1OC. The monoisotopic (exact) mass is 350 g/mol. The Balaban J connectivity index is 2.40. The zero-order valence-corrected chi connectivity index (χ0v) is 15.1. The van der Waals surface area contributed by atoms with Crippen LogP contribution in [-0.2, 0) is 16.0 Å². The molecule has 0 unspecified atom stereocenters. The van der Waals surface area contributed by atoms with Gasteiger partial charge in [0.15, 0.2) is 11.5 Å². The van der Waals surface area contributed by atoms with Crippen molar-refractivity contribution in [1.82, 2.24) is 5.32 Å². The Hall–Kier alpha value is -2.24. The number of carbonyl (C=O) groups excluding carboxylic acids is 2. The summed E-state index contributed by atoms with van der Waals surface area (Å²) >= 11 is 0. The highest BCUT2D eigenvalue weighted by Gasteiger charge is 2.07. The molecule has 0 fully saturated rings. The lowest BCUT2D eigenvalue weighted by atomic mass is 10.1. The van der Waals surface area contributed by atoms with Gasteiger partial charge in [-0.1, -0.05) is 32.3 Å². The molecule has 25 heavy (non-hydrogen) atoms. The maximum atomic E-state index is 11.5. The van der Waals surface area contributed by atoms with E-state index < -0.39 is 5.97 Å². The average molecular weight is 350 g/mol. The molecular formula is C19H28NO5-. The van der Waals surface area contributed by atoms with E-state index >= 15 is 0 Å². The van der Waals surface area contributed by atoms with Crippen LogP contribution in [0.25, 0.3) is 0 Å². The fourth-order valence-electron chi connectivity index (χ4n) is 2.35. The zero-order chi connectivity index (χ0) is 18.5. The molecular weight excluding hydrogens is 322 g/mol. The van der Waals surface area contributed by atoms with E-state index in [0.29, 0.717) is 25.3 Å². The van der Waals surface area contributed by atoms with Gasteiger partial charge in [0, 0.05) is 18.9 Å². The quantitative estimate of drug-likeness (QED) is 0.549. The van der Waals surface area contributed by atoms with Gasteiger partial charge in [-0.25, -0.2) is 0 Å². The second-order valence-corrected chi connectivity index (χ2v) is 5.87. The van der Waals surface area contributed by atoms with Gasteiger partial charge in [0.1, 0.15) is 0 Å². The number of nitrogens with one attached hydrogen (secondary N) is 1. The molecule has 6 nitrogen and oxygen atoms in total. The second kappa shape index (κ2) is 12.2. The molecule has 0 aromatic heterocycles. The molecule has 1 aromatic carbocycles. The summed E-state index contributed by atoms with van der Waals surface area (Å²) in [5.74, 6) is -0.106. The number of carbonyl (C=O) groups is 2. The smallest absolute Gasteiger partial charge is 0.220 e. The first-order chi connectivity index (χ1) is 12.1. The van der Waals surface area contributed by atoms with E-state index in [4.69, 9.17) is 9.47 Å². The van der Waals surface area contributed by atoms with Crippen LogP contribution in [0.1, 0.15) is 51.0 Å². The van der Waals surface area contributed by atoms with E-state index in [2.05, 4.69) is 12.2 Å². The predicted molar refractivity (Wildman–Crippen MR) is 93.6 cm³/mol. The fourth-order valence-corrected chi connectivity index (χ4v) is 2.35. The highest BCUT2D eigenvalue weighted by atomic mass is 16.5. The van der Waals surface area contributed by atoms with Crippen molar-refractivity contribution in [3.05, 3.63) is 23.8 Å². The van der Waals surface area contributed by atoms with Crippen molar-refractivity contribution in [2.45, 2.75) is 51.9 Å². The van der Waals surface area contributed by atoms with E-state index in [0.717, 1.165) is 24.2 Å². The summed E-state index contributed by atoms with van der Waals surface area (Å²) < 4.78 is 11.1. The minimum atomic E-state index is -1.22. The summed E-state index contributed by atoms with van der Waals surface area (Å²) in [5, 5.41) is 13.0. The molecule has 0 radical (unpaired) electrons. The van der Waals surface area contributed by atoms with E-state index in [9.17, 15) is 14.7 Å². The molecule has 0 spiro atoms. The van der Waals surface area contributed by atoms with E-state index in [1.54, 1.807) is 7.11 Å². The lowest BCUT2D eigenvalue weighted by molar-refractivity contribution is -0.305. The highest BCUT2D eigenvalue weighted by Crippen LogP contribution is 2.28. The first-order valence-corrected chi connectivity index (χ1v) is 8.83. The maximum absolute atomic E-state index is 11.5. The molecule has 6 heteroatoms. The summed E-state index contributed by atoms with van der Waals surface area (Å²) in [6.45, 7) is 3.28. The summed E-state index contributed by atoms with van der Waals surface area (Å²) in [4.78, 5) is 21.8. The third-order valence-corrected chi connectivity index (χ3v) is 3.78. The molecule has 0 aliphatic carbocycles. The number of benzene rings is 1. The van der Waals surface area contributed by atoms with Gasteiger partial charge < -0.3 is 24.7 Å². The minimum Gasteiger partial charge on any atom is -0.550 e. The van der Waals surface area contributed by atoms with Crippen molar-refractivity contribution < 1.29 is 24.2 Å². The number of aliphatic carboxylic acids is 1. The number of amides is 1. The number of rotatable bonds is 13. The molecule has 0 atom stereocenters. The normalized spacial score (nSPS) is 10.3. The molecule has 1 aromatic rings. The topological polar surface area (TPSA) is 87.7 Å². The molecule has 1 rings (SSSR count). The van der Waals surface area contributed by atoms with Gasteiger partial charge in [-0.3, -0.25) is 4.79 Å². The van der Waals surface area contributed by atoms with E-state index in [1.807, 2.05) is 18.2 Å². The lowest BCUT2D eigenvalue weighted by Crippen LogP contribution is -2.29. The summed E-state index contributed by atoms with van der Waals surface area (Å²) in [7, 11) is 1.60. The van der Waals surface area contributed by atoms with Gasteiger partial charge in [-0.05, 0) is 37.0 Å². The number of hydrogen-bond acceptors (Lipinski definition) is 5. The number of unbranched alkanes of at least 4 members (excludes halogenated alkanes) is 3. The molecule has 0 aliphatic rings. The Morgan fingerprint density at radius 1 is 1.12 bits per heavy atom. The summed E-state index contributed by atoms with van der Waals surface area (Å²) in [5.41, 5.74) is 1.01. The molecule has 0 aliphatic heterocycles. The minimum absolute atomic E-state index is 0.0591. The Morgan fingerprint density at radius 2 is 1.92 bits per heavy atom. The molecule has 140 valence electrons. The van der Waals surface area contributed by atoms with Crippen LogP contribution in [0.4, 0.5) is 0 Å². The van der Waals surface area contributed by atoms with Crippen molar-refractivity contribution in [2.24, 2.45) is 0 Å². The number of hydrogen-bond donors (Lipinski definition) is 1. The third-order valence-electron chi connectivity index (χ3n) is 3.78. The largest absolute Gasteiger partial charge is 0.550 e. The van der Waals surface area contributed by atoms with Gasteiger partial charge >= 0.3 is 0 Å². The number of carboxylic acids is 1. The van der Waals surface area contributed by atoms with Crippen molar-refractivity contribution >= 4 is 11.9 Å². The van der Waals surface area contributed by atoms with Crippen molar-refractivity contribution in [3.8, 4) is 11.5 Å². The van der Waals surface area contributed by atoms with Gasteiger partial charge in [0.2, 0.25) is 5.91 Å². The predicted octanol–water partition coefficient (Wildman–Crippen LogP) is 1.84. The van der Waals surface area contributed by atoms with E-state index in [-0.39, 0.29) is 18.7 Å². The van der Waals surface area contributed by atoms with Gasteiger partial charge in [-0.2, -0.15) is 0 Å². The van der Waals surface area contributed by atoms with Crippen molar-refractivity contribution in [3.63, 3.8) is 0 Å². The Bertz CT molecular complexity index is 545. The molecule has 0 heterocycles. The zero-order valence-electron chi connectivity index (χ0n) is 15.1. The lowest BCUT2D eigenvalue weighted by Gasteiger charge is -2.12. The van der Waals surface area contributed by atoms with Crippen LogP contribution in [0, 0.1) is 0 Å². The molecule has 0 bridgehead atoms. The third kappa shape index (κ3) is 8.98. The first kappa shape index (κ1) is 20.8. The number of carboxylic acid groups (broad SMARTS) is 1. The van der Waals surface area contributed by atoms with E-state index in [1.165, 1.54) is 12.8 Å². The second-order valence-electron chi connectivity index (χ2n) is 5.87. The summed E-state index contributed by atoms with van der Waals surface area (Å²) in [6, 6.07) is 5.72. The Kier molecular flexibility index (Phi) is 10.1. The average Bonchev–Trinajstić information content (AvgIpc) is 2.60. The number of methoxy groups -OCH3 is 1. The van der Waals surface area contributed by atoms with Crippen LogP contribution < -0.4 is 19.9 Å². The van der Waals surface area contributed by atoms with Crippen LogP contribution in [0.15, 0.2) is 18.2 Å². The Labute approximate surface area is 149 Å². The van der Waals surface area contributed by atoms with Gasteiger partial charge in [-0.15, -0.1) is 0 Å². The fraction of sp³-hybridized carbons (Fsp3) is 0.579. The summed E-state index contributed by atoms with van der Waals surface area (Å²) in [6.07, 6.45) is 4.91. The Morgan fingerprint density at radius 3 is 2.60 bits per heavy atom. The standard InChI is InChI=1S/C19H29NO5/c1-3-4-5-6-13-25-16-8-7-15(14-17(16)24-2)11-12-20-18(21)9-10-19(22)23/h7-8,14H,3-6,9-13H2,1-2H3,(H,20,21)(H,22,23)/p-1. The molecule has 0 saturated carbocycles. The van der Waals surface area contributed by atoms with Crippen LogP contribution >= 0.6 is 0 Å².